The van der Waals surface area contributed by atoms with Crippen LogP contribution in [0.2, 0.25) is 0 Å². The van der Waals surface area contributed by atoms with Crippen LogP contribution in [0, 0.1) is 5.92 Å². The molecule has 0 saturated heterocycles. The third-order valence-electron chi connectivity index (χ3n) is 3.64. The SMILES string of the molecule is CC1CCCCC1NC(=O)c1ccc(Br)c(O)c1. The number of hydrogen-bond acceptors (Lipinski definition) is 2. The van der Waals surface area contributed by atoms with Crippen LogP contribution in [0.3, 0.4) is 0 Å². The molecule has 1 saturated carbocycles. The van der Waals surface area contributed by atoms with Gasteiger partial charge in [-0.2, -0.15) is 0 Å². The number of hydrogen-bond donors (Lipinski definition) is 2. The van der Waals surface area contributed by atoms with Crippen LogP contribution in [-0.4, -0.2) is 17.1 Å². The molecule has 2 N–H and O–H groups in total. The lowest BCUT2D eigenvalue weighted by atomic mass is 9.86. The molecule has 18 heavy (non-hydrogen) atoms. The van der Waals surface area contributed by atoms with Gasteiger partial charge in [-0.25, -0.2) is 0 Å². The molecule has 1 aliphatic carbocycles. The number of carbonyl (C=O) groups excluding carboxylic acids is 1. The number of nitrogens with one attached hydrogen (secondary N) is 1. The van der Waals surface area contributed by atoms with Crippen molar-refractivity contribution in [1.82, 2.24) is 5.32 Å². The number of rotatable bonds is 2. The lowest BCUT2D eigenvalue weighted by molar-refractivity contribution is 0.0910. The summed E-state index contributed by atoms with van der Waals surface area (Å²) in [6.45, 7) is 2.18. The van der Waals surface area contributed by atoms with Gasteiger partial charge >= 0.3 is 0 Å². The minimum absolute atomic E-state index is 0.0966. The van der Waals surface area contributed by atoms with Gasteiger partial charge in [0.15, 0.2) is 0 Å². The van der Waals surface area contributed by atoms with E-state index < -0.39 is 0 Å². The van der Waals surface area contributed by atoms with Crippen LogP contribution in [0.4, 0.5) is 0 Å². The highest BCUT2D eigenvalue weighted by molar-refractivity contribution is 9.10. The fourth-order valence-electron chi connectivity index (χ4n) is 2.44. The Kier molecular flexibility index (Phi) is 4.27. The quantitative estimate of drug-likeness (QED) is 0.878. The van der Waals surface area contributed by atoms with E-state index in [1.54, 1.807) is 12.1 Å². The Morgan fingerprint density at radius 1 is 1.39 bits per heavy atom. The predicted octanol–water partition coefficient (Wildman–Crippen LogP) is 3.46. The summed E-state index contributed by atoms with van der Waals surface area (Å²) in [5.74, 6) is 0.530. The third-order valence-corrected chi connectivity index (χ3v) is 4.31. The molecule has 1 fully saturated rings. The fraction of sp³-hybridized carbons (Fsp3) is 0.500. The van der Waals surface area contributed by atoms with Gasteiger partial charge in [-0.3, -0.25) is 4.79 Å². The molecule has 0 heterocycles. The van der Waals surface area contributed by atoms with Crippen molar-refractivity contribution in [2.45, 2.75) is 38.6 Å². The smallest absolute Gasteiger partial charge is 0.251 e. The van der Waals surface area contributed by atoms with E-state index in [4.69, 9.17) is 0 Å². The zero-order valence-corrected chi connectivity index (χ0v) is 12.0. The summed E-state index contributed by atoms with van der Waals surface area (Å²) in [5.41, 5.74) is 0.508. The van der Waals surface area contributed by atoms with Crippen molar-refractivity contribution in [3.8, 4) is 5.75 Å². The number of phenols is 1. The Morgan fingerprint density at radius 3 is 2.78 bits per heavy atom. The Bertz CT molecular complexity index is 447. The second kappa shape index (κ2) is 5.74. The normalized spacial score (nSPS) is 23.7. The zero-order chi connectivity index (χ0) is 13.1. The van der Waals surface area contributed by atoms with Crippen LogP contribution < -0.4 is 5.32 Å². The number of amides is 1. The van der Waals surface area contributed by atoms with Gasteiger partial charge in [0.05, 0.1) is 4.47 Å². The molecule has 2 atom stereocenters. The van der Waals surface area contributed by atoms with Crippen molar-refractivity contribution in [3.05, 3.63) is 28.2 Å². The van der Waals surface area contributed by atoms with Gasteiger partial charge in [-0.1, -0.05) is 19.8 Å². The second-order valence-electron chi connectivity index (χ2n) is 5.01. The highest BCUT2D eigenvalue weighted by Crippen LogP contribution is 2.26. The van der Waals surface area contributed by atoms with Crippen molar-refractivity contribution < 1.29 is 9.90 Å². The van der Waals surface area contributed by atoms with E-state index in [0.29, 0.717) is 16.0 Å². The first-order valence-electron chi connectivity index (χ1n) is 6.37. The summed E-state index contributed by atoms with van der Waals surface area (Å²) in [7, 11) is 0. The van der Waals surface area contributed by atoms with Crippen LogP contribution in [-0.2, 0) is 0 Å². The van der Waals surface area contributed by atoms with Crippen molar-refractivity contribution in [2.75, 3.05) is 0 Å². The number of benzene rings is 1. The van der Waals surface area contributed by atoms with Crippen LogP contribution in [0.15, 0.2) is 22.7 Å². The van der Waals surface area contributed by atoms with E-state index in [9.17, 15) is 9.90 Å². The molecule has 4 heteroatoms. The van der Waals surface area contributed by atoms with Gasteiger partial charge in [-0.05, 0) is 52.9 Å². The van der Waals surface area contributed by atoms with E-state index in [1.165, 1.54) is 25.3 Å². The molecular formula is C14H18BrNO2. The summed E-state index contributed by atoms with van der Waals surface area (Å²) in [6, 6.07) is 5.16. The maximum absolute atomic E-state index is 12.1. The summed E-state index contributed by atoms with van der Waals surface area (Å²) >= 11 is 3.20. The third kappa shape index (κ3) is 3.05. The van der Waals surface area contributed by atoms with Crippen molar-refractivity contribution in [1.29, 1.82) is 0 Å². The number of halogens is 1. The lowest BCUT2D eigenvalue weighted by Gasteiger charge is -2.29. The summed E-state index contributed by atoms with van der Waals surface area (Å²) in [6.07, 6.45) is 4.67. The topological polar surface area (TPSA) is 49.3 Å². The van der Waals surface area contributed by atoms with Crippen LogP contribution >= 0.6 is 15.9 Å². The first-order chi connectivity index (χ1) is 8.58. The number of carbonyl (C=O) groups is 1. The van der Waals surface area contributed by atoms with Crippen LogP contribution in [0.5, 0.6) is 5.75 Å². The summed E-state index contributed by atoms with van der Waals surface area (Å²) in [4.78, 5) is 12.1. The predicted molar refractivity (Wildman–Crippen MR) is 74.7 cm³/mol. The molecule has 1 amide bonds. The Labute approximate surface area is 116 Å². The molecule has 0 bridgehead atoms. The number of aromatic hydroxyl groups is 1. The van der Waals surface area contributed by atoms with Gasteiger partial charge < -0.3 is 10.4 Å². The molecule has 1 aromatic rings. The van der Waals surface area contributed by atoms with Gasteiger partial charge in [-0.15, -0.1) is 0 Å². The first kappa shape index (κ1) is 13.4. The minimum atomic E-state index is -0.100. The second-order valence-corrected chi connectivity index (χ2v) is 5.86. The molecule has 0 aliphatic heterocycles. The van der Waals surface area contributed by atoms with Gasteiger partial charge in [0.1, 0.15) is 5.75 Å². The van der Waals surface area contributed by atoms with Crippen LogP contribution in [0.1, 0.15) is 43.0 Å². The Morgan fingerprint density at radius 2 is 2.11 bits per heavy atom. The van der Waals surface area contributed by atoms with Crippen molar-refractivity contribution in [3.63, 3.8) is 0 Å². The minimum Gasteiger partial charge on any atom is -0.507 e. The van der Waals surface area contributed by atoms with E-state index >= 15 is 0 Å². The number of phenolic OH excluding ortho intramolecular Hbond substituents is 1. The molecule has 98 valence electrons. The molecule has 2 rings (SSSR count). The van der Waals surface area contributed by atoms with Crippen LogP contribution in [0.25, 0.3) is 0 Å². The maximum atomic E-state index is 12.1. The van der Waals surface area contributed by atoms with Crippen molar-refractivity contribution >= 4 is 21.8 Å². The maximum Gasteiger partial charge on any atom is 0.251 e. The monoisotopic (exact) mass is 311 g/mol. The van der Waals surface area contributed by atoms with E-state index in [1.807, 2.05) is 0 Å². The zero-order valence-electron chi connectivity index (χ0n) is 10.4. The van der Waals surface area contributed by atoms with E-state index in [2.05, 4.69) is 28.2 Å². The van der Waals surface area contributed by atoms with Gasteiger partial charge in [0, 0.05) is 11.6 Å². The fourth-order valence-corrected chi connectivity index (χ4v) is 2.68. The van der Waals surface area contributed by atoms with Gasteiger partial charge in [0.2, 0.25) is 0 Å². The lowest BCUT2D eigenvalue weighted by Crippen LogP contribution is -2.41. The molecule has 0 radical (unpaired) electrons. The largest absolute Gasteiger partial charge is 0.507 e. The molecule has 1 aromatic carbocycles. The average molecular weight is 312 g/mol. The van der Waals surface area contributed by atoms with E-state index in [0.717, 1.165) is 6.42 Å². The van der Waals surface area contributed by atoms with Crippen molar-refractivity contribution in [2.24, 2.45) is 5.92 Å². The highest BCUT2D eigenvalue weighted by atomic mass is 79.9. The summed E-state index contributed by atoms with van der Waals surface area (Å²) < 4.78 is 0.602. The molecule has 2 unspecified atom stereocenters. The molecule has 0 spiro atoms. The van der Waals surface area contributed by atoms with E-state index in [-0.39, 0.29) is 17.7 Å². The first-order valence-corrected chi connectivity index (χ1v) is 7.16. The highest BCUT2D eigenvalue weighted by Gasteiger charge is 2.23. The molecule has 1 aliphatic rings. The molecule has 0 aromatic heterocycles. The molecule has 3 nitrogen and oxygen atoms in total. The Balaban J connectivity index is 2.04. The average Bonchev–Trinajstić information content (AvgIpc) is 2.35. The standard InChI is InChI=1S/C14H18BrNO2/c1-9-4-2-3-5-12(9)16-14(18)10-6-7-11(15)13(17)8-10/h6-9,12,17H,2-5H2,1H3,(H,16,18). The summed E-state index contributed by atoms with van der Waals surface area (Å²) in [5, 5.41) is 12.6. The Hall–Kier alpha value is -1.03. The van der Waals surface area contributed by atoms with Gasteiger partial charge in [0.25, 0.3) is 5.91 Å². The molecular weight excluding hydrogens is 294 g/mol.